The van der Waals surface area contributed by atoms with Crippen LogP contribution in [-0.4, -0.2) is 53.4 Å². The van der Waals surface area contributed by atoms with Crippen molar-refractivity contribution in [3.8, 4) is 5.75 Å². The fourth-order valence-electron chi connectivity index (χ4n) is 3.25. The van der Waals surface area contributed by atoms with Gasteiger partial charge in [-0.3, -0.25) is 15.0 Å². The molecule has 0 saturated carbocycles. The highest BCUT2D eigenvalue weighted by atomic mass is 16.3. The van der Waals surface area contributed by atoms with Gasteiger partial charge in [0.25, 0.3) is 0 Å². The minimum atomic E-state index is 0.268. The van der Waals surface area contributed by atoms with E-state index in [4.69, 9.17) is 0 Å². The molecule has 0 spiro atoms. The highest BCUT2D eigenvalue weighted by Crippen LogP contribution is 2.29. The zero-order chi connectivity index (χ0) is 21.1. The molecule has 0 amide bonds. The molecule has 3 rings (SSSR count). The zero-order valence-electron chi connectivity index (χ0n) is 18.5. The van der Waals surface area contributed by atoms with Crippen molar-refractivity contribution in [2.45, 2.75) is 53.4 Å². The van der Waals surface area contributed by atoms with Crippen LogP contribution in [0, 0.1) is 20.8 Å². The topological polar surface area (TPSA) is 61.6 Å². The summed E-state index contributed by atoms with van der Waals surface area (Å²) < 4.78 is 0. The normalized spacial score (nSPS) is 14.8. The number of nitrogens with zero attached hydrogens (tertiary/aromatic N) is 4. The Labute approximate surface area is 170 Å². The number of aryl methyl sites for hydroxylation is 3. The summed E-state index contributed by atoms with van der Waals surface area (Å²) in [5.41, 5.74) is 5.47. The predicted molar refractivity (Wildman–Crippen MR) is 119 cm³/mol. The van der Waals surface area contributed by atoms with E-state index in [1.54, 1.807) is 19.3 Å². The van der Waals surface area contributed by atoms with Crippen molar-refractivity contribution in [1.29, 1.82) is 0 Å². The lowest BCUT2D eigenvalue weighted by Crippen LogP contribution is -2.29. The molecule has 0 aromatic carbocycles. The van der Waals surface area contributed by atoms with Crippen molar-refractivity contribution < 1.29 is 5.11 Å². The third-order valence-corrected chi connectivity index (χ3v) is 4.74. The SMILES string of the molecule is CC.CN=Cc1ccc(C)nc1C.Cc1cc(O)cnc1C1CCN(C)CC1. The average molecular weight is 385 g/mol. The smallest absolute Gasteiger partial charge is 0.134 e. The first-order chi connectivity index (χ1) is 13.4. The van der Waals surface area contributed by atoms with Gasteiger partial charge in [-0.05, 0) is 77.5 Å². The van der Waals surface area contributed by atoms with Gasteiger partial charge < -0.3 is 10.0 Å². The molecule has 28 heavy (non-hydrogen) atoms. The molecule has 1 saturated heterocycles. The Kier molecular flexibility index (Phi) is 10.4. The summed E-state index contributed by atoms with van der Waals surface area (Å²) in [5, 5.41) is 9.31. The first kappa shape index (κ1) is 23.8. The molecule has 154 valence electrons. The van der Waals surface area contributed by atoms with Gasteiger partial charge >= 0.3 is 0 Å². The van der Waals surface area contributed by atoms with Crippen molar-refractivity contribution in [2.24, 2.45) is 4.99 Å². The van der Waals surface area contributed by atoms with E-state index in [2.05, 4.69) is 26.9 Å². The van der Waals surface area contributed by atoms with Crippen LogP contribution >= 0.6 is 0 Å². The number of pyridine rings is 2. The lowest BCUT2D eigenvalue weighted by molar-refractivity contribution is 0.253. The minimum absolute atomic E-state index is 0.268. The Hall–Kier alpha value is -2.27. The summed E-state index contributed by atoms with van der Waals surface area (Å²) in [6.45, 7) is 12.3. The van der Waals surface area contributed by atoms with Gasteiger partial charge in [-0.2, -0.15) is 0 Å². The summed E-state index contributed by atoms with van der Waals surface area (Å²) in [4.78, 5) is 14.9. The van der Waals surface area contributed by atoms with Crippen molar-refractivity contribution in [1.82, 2.24) is 14.9 Å². The van der Waals surface area contributed by atoms with Gasteiger partial charge in [0, 0.05) is 41.8 Å². The second-order valence-electron chi connectivity index (χ2n) is 6.99. The number of aromatic hydroxyl groups is 1. The third-order valence-electron chi connectivity index (χ3n) is 4.74. The number of rotatable bonds is 2. The monoisotopic (exact) mass is 384 g/mol. The van der Waals surface area contributed by atoms with Crippen LogP contribution in [-0.2, 0) is 0 Å². The maximum absolute atomic E-state index is 9.31. The quantitative estimate of drug-likeness (QED) is 0.764. The molecule has 0 radical (unpaired) electrons. The van der Waals surface area contributed by atoms with Gasteiger partial charge in [0.2, 0.25) is 0 Å². The van der Waals surface area contributed by atoms with Crippen molar-refractivity contribution in [2.75, 3.05) is 27.2 Å². The molecule has 0 unspecified atom stereocenters. The molecule has 0 bridgehead atoms. The summed E-state index contributed by atoms with van der Waals surface area (Å²) in [7, 11) is 3.92. The Morgan fingerprint density at radius 2 is 1.79 bits per heavy atom. The number of hydrogen-bond donors (Lipinski definition) is 1. The first-order valence-corrected chi connectivity index (χ1v) is 10.1. The summed E-state index contributed by atoms with van der Waals surface area (Å²) in [6, 6.07) is 5.83. The highest BCUT2D eigenvalue weighted by molar-refractivity contribution is 5.80. The molecule has 5 nitrogen and oxygen atoms in total. The van der Waals surface area contributed by atoms with Gasteiger partial charge in [-0.1, -0.05) is 13.8 Å². The van der Waals surface area contributed by atoms with Gasteiger partial charge in [0.15, 0.2) is 0 Å². The number of aliphatic imine (C=N–C) groups is 1. The van der Waals surface area contributed by atoms with Gasteiger partial charge in [0.1, 0.15) is 5.75 Å². The van der Waals surface area contributed by atoms with Gasteiger partial charge in [-0.25, -0.2) is 0 Å². The Morgan fingerprint density at radius 1 is 1.14 bits per heavy atom. The molecule has 0 aliphatic carbocycles. The summed E-state index contributed by atoms with van der Waals surface area (Å²) >= 11 is 0. The second-order valence-corrected chi connectivity index (χ2v) is 6.99. The van der Waals surface area contributed by atoms with Crippen LogP contribution < -0.4 is 0 Å². The maximum atomic E-state index is 9.31. The van der Waals surface area contributed by atoms with E-state index >= 15 is 0 Å². The Bertz CT molecular complexity index is 750. The predicted octanol–water partition coefficient (Wildman–Crippen LogP) is 4.68. The van der Waals surface area contributed by atoms with Crippen LogP contribution in [0.15, 0.2) is 29.4 Å². The molecule has 1 aliphatic rings. The lowest BCUT2D eigenvalue weighted by atomic mass is 9.91. The summed E-state index contributed by atoms with van der Waals surface area (Å²) in [6.07, 6.45) is 5.73. The Morgan fingerprint density at radius 3 is 2.32 bits per heavy atom. The highest BCUT2D eigenvalue weighted by Gasteiger charge is 2.20. The van der Waals surface area contributed by atoms with E-state index in [0.717, 1.165) is 35.6 Å². The van der Waals surface area contributed by atoms with E-state index in [0.29, 0.717) is 5.92 Å². The zero-order valence-corrected chi connectivity index (χ0v) is 18.5. The fourth-order valence-corrected chi connectivity index (χ4v) is 3.25. The maximum Gasteiger partial charge on any atom is 0.134 e. The van der Waals surface area contributed by atoms with E-state index in [1.807, 2.05) is 53.0 Å². The van der Waals surface area contributed by atoms with Gasteiger partial charge in [-0.15, -0.1) is 0 Å². The Balaban J connectivity index is 0.000000268. The molecule has 3 heterocycles. The molecule has 5 heteroatoms. The molecule has 2 aromatic heterocycles. The average Bonchev–Trinajstić information content (AvgIpc) is 2.67. The molecular formula is C23H36N4O. The minimum Gasteiger partial charge on any atom is -0.506 e. The molecule has 1 N–H and O–H groups in total. The van der Waals surface area contributed by atoms with Crippen molar-refractivity contribution >= 4 is 6.21 Å². The van der Waals surface area contributed by atoms with E-state index in [9.17, 15) is 5.11 Å². The number of hydrogen-bond acceptors (Lipinski definition) is 5. The first-order valence-electron chi connectivity index (χ1n) is 10.1. The largest absolute Gasteiger partial charge is 0.506 e. The molecule has 1 fully saturated rings. The van der Waals surface area contributed by atoms with E-state index in [-0.39, 0.29) is 5.75 Å². The number of aromatic nitrogens is 2. The molecule has 0 atom stereocenters. The number of piperidine rings is 1. The molecular weight excluding hydrogens is 348 g/mol. The summed E-state index contributed by atoms with van der Waals surface area (Å²) in [5.74, 6) is 0.839. The van der Waals surface area contributed by atoms with Crippen LogP contribution in [0.25, 0.3) is 0 Å². The number of likely N-dealkylation sites (tertiary alicyclic amines) is 1. The van der Waals surface area contributed by atoms with Crippen LogP contribution in [0.3, 0.4) is 0 Å². The fraction of sp³-hybridized carbons (Fsp3) is 0.522. The lowest BCUT2D eigenvalue weighted by Gasteiger charge is -2.29. The third kappa shape index (κ3) is 7.39. The van der Waals surface area contributed by atoms with Gasteiger partial charge in [0.05, 0.1) is 6.20 Å². The van der Waals surface area contributed by atoms with Crippen LogP contribution in [0.4, 0.5) is 0 Å². The van der Waals surface area contributed by atoms with E-state index < -0.39 is 0 Å². The van der Waals surface area contributed by atoms with Crippen LogP contribution in [0.1, 0.15) is 60.8 Å². The standard InChI is InChI=1S/C12H18N2O.C9H12N2.C2H6/c1-9-7-11(15)8-13-12(9)10-3-5-14(2)6-4-10;1-7-4-5-9(6-10-3)8(2)11-7;1-2/h7-8,10,15H,3-6H2,1-2H3;4-6H,1-3H3;1-2H3. The van der Waals surface area contributed by atoms with E-state index in [1.165, 1.54) is 18.5 Å². The van der Waals surface area contributed by atoms with Crippen LogP contribution in [0.5, 0.6) is 5.75 Å². The van der Waals surface area contributed by atoms with Crippen LogP contribution in [0.2, 0.25) is 0 Å². The molecule has 1 aliphatic heterocycles. The van der Waals surface area contributed by atoms with Crippen molar-refractivity contribution in [3.63, 3.8) is 0 Å². The van der Waals surface area contributed by atoms with Crippen molar-refractivity contribution in [3.05, 3.63) is 52.6 Å². The second kappa shape index (κ2) is 12.2. The molecule has 2 aromatic rings.